The standard InChI is InChI=1S/C23H26FN5/c24-20-5-3-4-19(14-20)18-9-7-17(8-10-18)15-28-12-13-29-22(16-28)26-27-23(29)21-6-1-2-11-25-21/h3-5,7-10,14,21,25H,1-2,6,11-13,15-16H2/t21-/m0/s1. The van der Waals surface area contributed by atoms with Crippen LogP contribution in [0.2, 0.25) is 0 Å². The zero-order valence-electron chi connectivity index (χ0n) is 16.5. The van der Waals surface area contributed by atoms with E-state index in [0.717, 1.165) is 61.9 Å². The first-order valence-electron chi connectivity index (χ1n) is 10.5. The Morgan fingerprint density at radius 2 is 1.90 bits per heavy atom. The number of hydrogen-bond acceptors (Lipinski definition) is 4. The molecule has 3 heterocycles. The first-order valence-corrected chi connectivity index (χ1v) is 10.5. The second kappa shape index (κ2) is 8.05. The monoisotopic (exact) mass is 391 g/mol. The van der Waals surface area contributed by atoms with Gasteiger partial charge in [0.15, 0.2) is 0 Å². The van der Waals surface area contributed by atoms with Crippen LogP contribution in [0.5, 0.6) is 0 Å². The van der Waals surface area contributed by atoms with Crippen molar-refractivity contribution in [3.8, 4) is 11.1 Å². The van der Waals surface area contributed by atoms with Crippen molar-refractivity contribution in [2.75, 3.05) is 13.1 Å². The maximum absolute atomic E-state index is 13.5. The molecule has 1 N–H and O–H groups in total. The smallest absolute Gasteiger partial charge is 0.150 e. The topological polar surface area (TPSA) is 46.0 Å². The molecule has 6 heteroatoms. The minimum atomic E-state index is -0.202. The fourth-order valence-electron chi connectivity index (χ4n) is 4.42. The van der Waals surface area contributed by atoms with E-state index in [0.29, 0.717) is 6.04 Å². The Labute approximate surface area is 170 Å². The summed E-state index contributed by atoms with van der Waals surface area (Å²) in [5.74, 6) is 1.97. The molecule has 0 amide bonds. The Balaban J connectivity index is 1.25. The first-order chi connectivity index (χ1) is 14.3. The van der Waals surface area contributed by atoms with Gasteiger partial charge in [-0.05, 0) is 48.2 Å². The van der Waals surface area contributed by atoms with Crippen molar-refractivity contribution in [1.82, 2.24) is 25.0 Å². The van der Waals surface area contributed by atoms with E-state index >= 15 is 0 Å². The molecule has 3 aromatic rings. The highest BCUT2D eigenvalue weighted by molar-refractivity contribution is 5.63. The largest absolute Gasteiger partial charge is 0.311 e. The van der Waals surface area contributed by atoms with Crippen molar-refractivity contribution in [2.24, 2.45) is 0 Å². The van der Waals surface area contributed by atoms with Crippen LogP contribution < -0.4 is 5.32 Å². The Morgan fingerprint density at radius 3 is 2.69 bits per heavy atom. The SMILES string of the molecule is Fc1cccc(-c2ccc(CN3CCn4c(nnc4[C@@H]4CCCCN4)C3)cc2)c1. The van der Waals surface area contributed by atoms with E-state index in [2.05, 4.69) is 49.2 Å². The third-order valence-electron chi connectivity index (χ3n) is 6.00. The first kappa shape index (κ1) is 18.5. The van der Waals surface area contributed by atoms with Crippen LogP contribution in [0.4, 0.5) is 4.39 Å². The van der Waals surface area contributed by atoms with Crippen LogP contribution in [0.15, 0.2) is 48.5 Å². The van der Waals surface area contributed by atoms with Gasteiger partial charge in [-0.25, -0.2) is 4.39 Å². The molecule has 0 saturated carbocycles. The number of rotatable bonds is 4. The van der Waals surface area contributed by atoms with Crippen molar-refractivity contribution in [3.05, 3.63) is 71.6 Å². The van der Waals surface area contributed by atoms with Gasteiger partial charge < -0.3 is 9.88 Å². The number of nitrogens with one attached hydrogen (secondary N) is 1. The van der Waals surface area contributed by atoms with Gasteiger partial charge in [0.2, 0.25) is 0 Å². The van der Waals surface area contributed by atoms with Crippen LogP contribution in [-0.4, -0.2) is 32.8 Å². The van der Waals surface area contributed by atoms with Gasteiger partial charge in [0.25, 0.3) is 0 Å². The van der Waals surface area contributed by atoms with Gasteiger partial charge in [-0.1, -0.05) is 42.8 Å². The number of fused-ring (bicyclic) bond motifs is 1. The van der Waals surface area contributed by atoms with Gasteiger partial charge in [0.05, 0.1) is 12.6 Å². The summed E-state index contributed by atoms with van der Waals surface area (Å²) in [5, 5.41) is 12.6. The van der Waals surface area contributed by atoms with Crippen LogP contribution >= 0.6 is 0 Å². The summed E-state index contributed by atoms with van der Waals surface area (Å²) >= 11 is 0. The Hall–Kier alpha value is -2.57. The quantitative estimate of drug-likeness (QED) is 0.732. The number of aromatic nitrogens is 3. The lowest BCUT2D eigenvalue weighted by molar-refractivity contribution is 0.204. The number of benzene rings is 2. The molecular formula is C23H26FN5. The molecule has 0 unspecified atom stereocenters. The van der Waals surface area contributed by atoms with Gasteiger partial charge in [-0.2, -0.15) is 0 Å². The highest BCUT2D eigenvalue weighted by atomic mass is 19.1. The van der Waals surface area contributed by atoms with Crippen molar-refractivity contribution in [2.45, 2.75) is 44.9 Å². The zero-order valence-corrected chi connectivity index (χ0v) is 16.5. The van der Waals surface area contributed by atoms with Crippen LogP contribution in [0.25, 0.3) is 11.1 Å². The van der Waals surface area contributed by atoms with Gasteiger partial charge in [-0.15, -0.1) is 10.2 Å². The molecule has 0 spiro atoms. The van der Waals surface area contributed by atoms with E-state index in [1.807, 2.05) is 6.07 Å². The molecule has 1 atom stereocenters. The van der Waals surface area contributed by atoms with E-state index < -0.39 is 0 Å². The summed E-state index contributed by atoms with van der Waals surface area (Å²) in [5.41, 5.74) is 3.20. The number of piperidine rings is 1. The maximum Gasteiger partial charge on any atom is 0.150 e. The average molecular weight is 391 g/mol. The van der Waals surface area contributed by atoms with Crippen LogP contribution in [-0.2, 0) is 19.6 Å². The highest BCUT2D eigenvalue weighted by Crippen LogP contribution is 2.25. The molecule has 0 bridgehead atoms. The number of halogens is 1. The second-order valence-electron chi connectivity index (χ2n) is 8.05. The minimum absolute atomic E-state index is 0.202. The van der Waals surface area contributed by atoms with Crippen LogP contribution in [0.1, 0.15) is 42.5 Å². The molecule has 1 saturated heterocycles. The molecule has 2 aliphatic heterocycles. The summed E-state index contributed by atoms with van der Waals surface area (Å²) in [6, 6.07) is 15.5. The predicted octanol–water partition coefficient (Wildman–Crippen LogP) is 3.91. The van der Waals surface area contributed by atoms with Gasteiger partial charge >= 0.3 is 0 Å². The average Bonchev–Trinajstić information content (AvgIpc) is 3.18. The summed E-state index contributed by atoms with van der Waals surface area (Å²) in [6.45, 7) is 4.72. The molecule has 1 aromatic heterocycles. The highest BCUT2D eigenvalue weighted by Gasteiger charge is 2.26. The third-order valence-corrected chi connectivity index (χ3v) is 6.00. The molecule has 0 aliphatic carbocycles. The molecule has 1 fully saturated rings. The van der Waals surface area contributed by atoms with Crippen molar-refractivity contribution in [1.29, 1.82) is 0 Å². The van der Waals surface area contributed by atoms with E-state index in [9.17, 15) is 4.39 Å². The van der Waals surface area contributed by atoms with E-state index in [-0.39, 0.29) is 5.82 Å². The predicted molar refractivity (Wildman–Crippen MR) is 111 cm³/mol. The van der Waals surface area contributed by atoms with Crippen molar-refractivity contribution >= 4 is 0 Å². The Morgan fingerprint density at radius 1 is 1.00 bits per heavy atom. The molecule has 0 radical (unpaired) electrons. The van der Waals surface area contributed by atoms with Gasteiger partial charge in [0.1, 0.15) is 17.5 Å². The van der Waals surface area contributed by atoms with Gasteiger partial charge in [-0.3, -0.25) is 4.90 Å². The number of nitrogens with zero attached hydrogens (tertiary/aromatic N) is 4. The summed E-state index contributed by atoms with van der Waals surface area (Å²) < 4.78 is 15.8. The molecule has 5 nitrogen and oxygen atoms in total. The molecular weight excluding hydrogens is 365 g/mol. The summed E-state index contributed by atoms with van der Waals surface area (Å²) in [6.07, 6.45) is 3.67. The molecule has 29 heavy (non-hydrogen) atoms. The van der Waals surface area contributed by atoms with E-state index in [4.69, 9.17) is 0 Å². The normalized spacial score (nSPS) is 19.8. The Bertz CT molecular complexity index is 975. The third kappa shape index (κ3) is 3.95. The minimum Gasteiger partial charge on any atom is -0.311 e. The number of hydrogen-bond donors (Lipinski definition) is 1. The molecule has 150 valence electrons. The van der Waals surface area contributed by atoms with Crippen molar-refractivity contribution in [3.63, 3.8) is 0 Å². The summed E-state index contributed by atoms with van der Waals surface area (Å²) in [4.78, 5) is 2.42. The van der Waals surface area contributed by atoms with Crippen LogP contribution in [0, 0.1) is 5.82 Å². The maximum atomic E-state index is 13.5. The zero-order chi connectivity index (χ0) is 19.6. The second-order valence-corrected chi connectivity index (χ2v) is 8.05. The molecule has 2 aromatic carbocycles. The van der Waals surface area contributed by atoms with E-state index in [1.165, 1.54) is 24.5 Å². The van der Waals surface area contributed by atoms with Crippen LogP contribution in [0.3, 0.4) is 0 Å². The summed E-state index contributed by atoms with van der Waals surface area (Å²) in [7, 11) is 0. The molecule has 5 rings (SSSR count). The Kier molecular flexibility index (Phi) is 5.12. The van der Waals surface area contributed by atoms with Gasteiger partial charge in [0, 0.05) is 19.6 Å². The lowest BCUT2D eigenvalue weighted by Gasteiger charge is -2.30. The van der Waals surface area contributed by atoms with Crippen molar-refractivity contribution < 1.29 is 4.39 Å². The fraction of sp³-hybridized carbons (Fsp3) is 0.391. The fourth-order valence-corrected chi connectivity index (χ4v) is 4.42. The molecule has 2 aliphatic rings. The lowest BCUT2D eigenvalue weighted by atomic mass is 10.0. The van der Waals surface area contributed by atoms with E-state index in [1.54, 1.807) is 12.1 Å². The lowest BCUT2D eigenvalue weighted by Crippen LogP contribution is -2.36.